The van der Waals surface area contributed by atoms with E-state index in [1.165, 1.54) is 0 Å². The number of hydrogen-bond donors (Lipinski definition) is 1. The Morgan fingerprint density at radius 2 is 2.31 bits per heavy atom. The second-order valence-corrected chi connectivity index (χ2v) is 4.92. The Bertz CT molecular complexity index is 390. The number of hydrogen-bond acceptors (Lipinski definition) is 3. The van der Waals surface area contributed by atoms with Gasteiger partial charge in [-0.1, -0.05) is 0 Å². The van der Waals surface area contributed by atoms with Crippen LogP contribution >= 0.6 is 0 Å². The Hall–Kier alpha value is -1.29. The quantitative estimate of drug-likeness (QED) is 0.779. The maximum absolute atomic E-state index is 12.1. The van der Waals surface area contributed by atoms with Gasteiger partial charge in [0.15, 0.2) is 0 Å². The van der Waals surface area contributed by atoms with Gasteiger partial charge in [-0.05, 0) is 26.3 Å². The van der Waals surface area contributed by atoms with Crippen LogP contribution in [0.25, 0.3) is 0 Å². The average molecular weight is 222 g/mol. The van der Waals surface area contributed by atoms with Gasteiger partial charge in [-0.3, -0.25) is 4.79 Å². The lowest BCUT2D eigenvalue weighted by atomic mass is 10.1. The van der Waals surface area contributed by atoms with Crippen LogP contribution < -0.4 is 5.73 Å². The first-order valence-corrected chi connectivity index (χ1v) is 5.62. The summed E-state index contributed by atoms with van der Waals surface area (Å²) in [6.07, 6.45) is 3.52. The number of carbonyl (C=O) groups is 1. The Morgan fingerprint density at radius 1 is 1.56 bits per heavy atom. The molecule has 0 bridgehead atoms. The molecule has 4 heteroatoms. The molecule has 0 spiro atoms. The number of amides is 1. The third-order valence-electron chi connectivity index (χ3n) is 2.87. The van der Waals surface area contributed by atoms with Crippen molar-refractivity contribution >= 4 is 5.91 Å². The van der Waals surface area contributed by atoms with Crippen LogP contribution in [0.4, 0.5) is 0 Å². The van der Waals surface area contributed by atoms with Crippen LogP contribution in [0.2, 0.25) is 0 Å². The van der Waals surface area contributed by atoms with Crippen molar-refractivity contribution in [3.63, 3.8) is 0 Å². The fourth-order valence-electron chi connectivity index (χ4n) is 2.02. The average Bonchev–Trinajstić information content (AvgIpc) is 2.53. The molecule has 4 nitrogen and oxygen atoms in total. The highest BCUT2D eigenvalue weighted by Crippen LogP contribution is 2.21. The molecule has 2 rings (SSSR count). The van der Waals surface area contributed by atoms with Crippen molar-refractivity contribution in [2.75, 3.05) is 6.54 Å². The Kier molecular flexibility index (Phi) is 2.76. The minimum absolute atomic E-state index is 0.00144. The summed E-state index contributed by atoms with van der Waals surface area (Å²) in [6, 6.07) is 1.93. The van der Waals surface area contributed by atoms with Crippen LogP contribution in [0.15, 0.2) is 16.7 Å². The maximum Gasteiger partial charge on any atom is 0.242 e. The Balaban J connectivity index is 2.17. The number of furan rings is 1. The van der Waals surface area contributed by atoms with Crippen LogP contribution in [-0.2, 0) is 17.8 Å². The van der Waals surface area contributed by atoms with Crippen LogP contribution in [0, 0.1) is 0 Å². The number of carbonyl (C=O) groups excluding carboxylic acids is 1. The molecule has 0 radical (unpaired) electrons. The first-order chi connectivity index (χ1) is 7.48. The summed E-state index contributed by atoms with van der Waals surface area (Å²) in [5.41, 5.74) is 6.15. The minimum atomic E-state index is -0.797. The van der Waals surface area contributed by atoms with Crippen molar-refractivity contribution in [2.24, 2.45) is 5.73 Å². The van der Waals surface area contributed by atoms with Crippen LogP contribution in [0.1, 0.15) is 31.6 Å². The van der Waals surface area contributed by atoms with E-state index in [0.29, 0.717) is 6.54 Å². The molecular formula is C12H18N2O2. The van der Waals surface area contributed by atoms with E-state index in [0.717, 1.165) is 30.7 Å². The van der Waals surface area contributed by atoms with Crippen molar-refractivity contribution in [3.8, 4) is 0 Å². The molecule has 88 valence electrons. The molecule has 0 saturated heterocycles. The van der Waals surface area contributed by atoms with Gasteiger partial charge in [0.2, 0.25) is 5.91 Å². The molecule has 1 aromatic heterocycles. The summed E-state index contributed by atoms with van der Waals surface area (Å²) in [7, 11) is 0. The van der Waals surface area contributed by atoms with Gasteiger partial charge in [-0.2, -0.15) is 0 Å². The number of rotatable bonds is 1. The van der Waals surface area contributed by atoms with Crippen molar-refractivity contribution in [3.05, 3.63) is 23.7 Å². The predicted molar refractivity (Wildman–Crippen MR) is 60.7 cm³/mol. The smallest absolute Gasteiger partial charge is 0.242 e. The molecule has 2 N–H and O–H groups in total. The Labute approximate surface area is 95.4 Å². The standard InChI is InChI=1S/C12H18N2O2/c1-12(2,13)11(15)14-6-3-4-10-9(8-14)5-7-16-10/h5,7H,3-4,6,8,13H2,1-2H3. The zero-order valence-corrected chi connectivity index (χ0v) is 9.82. The van der Waals surface area contributed by atoms with E-state index >= 15 is 0 Å². The molecule has 0 fully saturated rings. The largest absolute Gasteiger partial charge is 0.469 e. The molecule has 1 amide bonds. The Morgan fingerprint density at radius 3 is 3.00 bits per heavy atom. The van der Waals surface area contributed by atoms with Gasteiger partial charge in [0.05, 0.1) is 11.8 Å². The van der Waals surface area contributed by atoms with Gasteiger partial charge in [0, 0.05) is 25.1 Å². The maximum atomic E-state index is 12.1. The number of nitrogens with zero attached hydrogens (tertiary/aromatic N) is 1. The van der Waals surface area contributed by atoms with E-state index in [1.807, 2.05) is 11.0 Å². The lowest BCUT2D eigenvalue weighted by molar-refractivity contribution is -0.136. The summed E-state index contributed by atoms with van der Waals surface area (Å²) in [5, 5.41) is 0. The topological polar surface area (TPSA) is 59.5 Å². The molecular weight excluding hydrogens is 204 g/mol. The van der Waals surface area contributed by atoms with E-state index in [4.69, 9.17) is 10.2 Å². The monoisotopic (exact) mass is 222 g/mol. The summed E-state index contributed by atoms with van der Waals surface area (Å²) in [5.74, 6) is 1.01. The zero-order chi connectivity index (χ0) is 11.8. The molecule has 2 heterocycles. The number of fused-ring (bicyclic) bond motifs is 1. The summed E-state index contributed by atoms with van der Waals surface area (Å²) >= 11 is 0. The molecule has 1 aliphatic heterocycles. The van der Waals surface area contributed by atoms with E-state index in [1.54, 1.807) is 20.1 Å². The highest BCUT2D eigenvalue weighted by Gasteiger charge is 2.29. The molecule has 0 unspecified atom stereocenters. The van der Waals surface area contributed by atoms with Crippen LogP contribution in [-0.4, -0.2) is 22.9 Å². The van der Waals surface area contributed by atoms with Crippen LogP contribution in [0.5, 0.6) is 0 Å². The molecule has 1 aliphatic rings. The van der Waals surface area contributed by atoms with E-state index in [9.17, 15) is 4.79 Å². The number of aryl methyl sites for hydroxylation is 1. The van der Waals surface area contributed by atoms with Crippen molar-refractivity contribution in [1.29, 1.82) is 0 Å². The van der Waals surface area contributed by atoms with Crippen molar-refractivity contribution in [1.82, 2.24) is 4.90 Å². The van der Waals surface area contributed by atoms with Gasteiger partial charge >= 0.3 is 0 Å². The van der Waals surface area contributed by atoms with Crippen molar-refractivity contribution in [2.45, 2.75) is 38.8 Å². The lowest BCUT2D eigenvalue weighted by Gasteiger charge is -2.28. The number of nitrogens with two attached hydrogens (primary N) is 1. The molecule has 1 aromatic rings. The van der Waals surface area contributed by atoms with Gasteiger partial charge in [0.1, 0.15) is 5.76 Å². The fraction of sp³-hybridized carbons (Fsp3) is 0.583. The first-order valence-electron chi connectivity index (χ1n) is 5.62. The summed E-state index contributed by atoms with van der Waals surface area (Å²) < 4.78 is 5.38. The highest BCUT2D eigenvalue weighted by molar-refractivity contribution is 5.85. The third-order valence-corrected chi connectivity index (χ3v) is 2.87. The van der Waals surface area contributed by atoms with E-state index < -0.39 is 5.54 Å². The lowest BCUT2D eigenvalue weighted by Crippen LogP contribution is -2.50. The SMILES string of the molecule is CC(C)(N)C(=O)N1CCCc2occc2C1. The van der Waals surface area contributed by atoms with Crippen molar-refractivity contribution < 1.29 is 9.21 Å². The van der Waals surface area contributed by atoms with Gasteiger partial charge in [-0.15, -0.1) is 0 Å². The fourth-order valence-corrected chi connectivity index (χ4v) is 2.02. The predicted octanol–water partition coefficient (Wildman–Crippen LogP) is 1.29. The van der Waals surface area contributed by atoms with Gasteiger partial charge in [-0.25, -0.2) is 0 Å². The van der Waals surface area contributed by atoms with Gasteiger partial charge < -0.3 is 15.1 Å². The molecule has 0 atom stereocenters. The zero-order valence-electron chi connectivity index (χ0n) is 9.82. The van der Waals surface area contributed by atoms with Crippen LogP contribution in [0.3, 0.4) is 0 Å². The highest BCUT2D eigenvalue weighted by atomic mass is 16.3. The molecule has 16 heavy (non-hydrogen) atoms. The van der Waals surface area contributed by atoms with Gasteiger partial charge in [0.25, 0.3) is 0 Å². The molecule has 0 aliphatic carbocycles. The summed E-state index contributed by atoms with van der Waals surface area (Å²) in [4.78, 5) is 13.9. The molecule has 0 saturated carbocycles. The normalized spacial score (nSPS) is 16.8. The third kappa shape index (κ3) is 2.11. The summed E-state index contributed by atoms with van der Waals surface area (Å²) in [6.45, 7) is 4.86. The minimum Gasteiger partial charge on any atom is -0.469 e. The van der Waals surface area contributed by atoms with E-state index in [-0.39, 0.29) is 5.91 Å². The van der Waals surface area contributed by atoms with E-state index in [2.05, 4.69) is 0 Å². The second-order valence-electron chi connectivity index (χ2n) is 4.92. The first kappa shape index (κ1) is 11.2. The second kappa shape index (κ2) is 3.94. The molecule has 0 aromatic carbocycles.